The number of hydrogen-bond acceptors (Lipinski definition) is 2. The molecular weight excluding hydrogens is 207 g/mol. The van der Waals surface area contributed by atoms with E-state index >= 15 is 0 Å². The first-order valence-corrected chi connectivity index (χ1v) is 5.24. The molecule has 0 saturated heterocycles. The van der Waals surface area contributed by atoms with Crippen LogP contribution in [-0.4, -0.2) is 30.0 Å². The molecule has 0 aromatic heterocycles. The maximum absolute atomic E-state index is 12.0. The Labute approximate surface area is 88.9 Å². The largest absolute Gasteiger partial charge is 0.392 e. The lowest BCUT2D eigenvalue weighted by atomic mass is 10.0. The highest BCUT2D eigenvalue weighted by Crippen LogP contribution is 2.21. The van der Waals surface area contributed by atoms with Crippen LogP contribution < -0.4 is 5.32 Å². The predicted molar refractivity (Wildman–Crippen MR) is 53.6 cm³/mol. The van der Waals surface area contributed by atoms with E-state index in [9.17, 15) is 18.3 Å². The molecule has 5 heteroatoms. The molecule has 0 heterocycles. The molecule has 0 spiro atoms. The second-order valence-corrected chi connectivity index (χ2v) is 4.08. The summed E-state index contributed by atoms with van der Waals surface area (Å²) in [5.41, 5.74) is 0. The van der Waals surface area contributed by atoms with Gasteiger partial charge in [0.05, 0.1) is 12.5 Å². The number of rotatable bonds is 6. The van der Waals surface area contributed by atoms with Crippen LogP contribution in [0.1, 0.15) is 33.6 Å². The van der Waals surface area contributed by atoms with Gasteiger partial charge in [-0.25, -0.2) is 0 Å². The third kappa shape index (κ3) is 7.62. The molecule has 2 N–H and O–H groups in total. The van der Waals surface area contributed by atoms with Gasteiger partial charge in [0.15, 0.2) is 0 Å². The molecule has 0 radical (unpaired) electrons. The van der Waals surface area contributed by atoms with Gasteiger partial charge < -0.3 is 10.4 Å². The van der Waals surface area contributed by atoms with Crippen LogP contribution in [0, 0.1) is 5.92 Å². The molecule has 0 amide bonds. The molecule has 0 aromatic rings. The number of hydrogen-bond donors (Lipinski definition) is 2. The van der Waals surface area contributed by atoms with Gasteiger partial charge >= 0.3 is 6.18 Å². The lowest BCUT2D eigenvalue weighted by Crippen LogP contribution is -2.38. The van der Waals surface area contributed by atoms with E-state index in [4.69, 9.17) is 0 Å². The fourth-order valence-electron chi connectivity index (χ4n) is 1.21. The van der Waals surface area contributed by atoms with E-state index < -0.39 is 24.7 Å². The van der Waals surface area contributed by atoms with Gasteiger partial charge in [0.2, 0.25) is 0 Å². The van der Waals surface area contributed by atoms with Crippen molar-refractivity contribution >= 4 is 0 Å². The average molecular weight is 227 g/mol. The van der Waals surface area contributed by atoms with E-state index in [0.29, 0.717) is 0 Å². The van der Waals surface area contributed by atoms with Gasteiger partial charge in [-0.05, 0) is 12.8 Å². The third-order valence-corrected chi connectivity index (χ3v) is 2.51. The Balaban J connectivity index is 3.76. The fraction of sp³-hybridized carbons (Fsp3) is 1.00. The van der Waals surface area contributed by atoms with Gasteiger partial charge in [0, 0.05) is 12.6 Å². The predicted octanol–water partition coefficient (Wildman–Crippen LogP) is 2.32. The van der Waals surface area contributed by atoms with Crippen molar-refractivity contribution in [1.82, 2.24) is 5.32 Å². The van der Waals surface area contributed by atoms with Crippen LogP contribution in [-0.2, 0) is 0 Å². The molecule has 0 aromatic carbocycles. The van der Waals surface area contributed by atoms with E-state index in [1.807, 2.05) is 13.8 Å². The summed E-state index contributed by atoms with van der Waals surface area (Å²) in [6, 6.07) is -0.649. The lowest BCUT2D eigenvalue weighted by Gasteiger charge is -2.21. The van der Waals surface area contributed by atoms with Crippen molar-refractivity contribution in [2.45, 2.75) is 51.9 Å². The van der Waals surface area contributed by atoms with E-state index in [2.05, 4.69) is 5.32 Å². The summed E-state index contributed by atoms with van der Waals surface area (Å²) >= 11 is 0. The standard InChI is InChI=1S/C10H20F3NO/c1-4-7(2)9(15)6-14-8(3)5-10(11,12)13/h7-9,14-15H,4-6H2,1-3H3. The highest BCUT2D eigenvalue weighted by molar-refractivity contribution is 4.71. The van der Waals surface area contributed by atoms with Crippen molar-refractivity contribution < 1.29 is 18.3 Å². The molecule has 0 aliphatic rings. The zero-order valence-electron chi connectivity index (χ0n) is 9.43. The Morgan fingerprint density at radius 1 is 1.27 bits per heavy atom. The van der Waals surface area contributed by atoms with Gasteiger partial charge in [-0.1, -0.05) is 20.3 Å². The molecule has 0 bridgehead atoms. The topological polar surface area (TPSA) is 32.3 Å². The molecule has 2 nitrogen and oxygen atoms in total. The van der Waals surface area contributed by atoms with Crippen molar-refractivity contribution in [2.24, 2.45) is 5.92 Å². The number of nitrogens with one attached hydrogen (secondary N) is 1. The molecule has 0 rings (SSSR count). The first-order chi connectivity index (χ1) is 6.76. The van der Waals surface area contributed by atoms with E-state index in [-0.39, 0.29) is 12.5 Å². The smallest absolute Gasteiger partial charge is 0.390 e. The maximum Gasteiger partial charge on any atom is 0.390 e. The van der Waals surface area contributed by atoms with Crippen LogP contribution in [0.3, 0.4) is 0 Å². The van der Waals surface area contributed by atoms with Crippen LogP contribution in [0.25, 0.3) is 0 Å². The van der Waals surface area contributed by atoms with Gasteiger partial charge in [-0.3, -0.25) is 0 Å². The number of halogens is 3. The van der Waals surface area contributed by atoms with E-state index in [1.165, 1.54) is 6.92 Å². The second-order valence-electron chi connectivity index (χ2n) is 4.08. The Morgan fingerprint density at radius 2 is 1.80 bits per heavy atom. The Kier molecular flexibility index (Phi) is 6.20. The summed E-state index contributed by atoms with van der Waals surface area (Å²) in [6.07, 6.45) is -4.77. The Morgan fingerprint density at radius 3 is 2.20 bits per heavy atom. The van der Waals surface area contributed by atoms with Gasteiger partial charge in [0.1, 0.15) is 0 Å². The minimum atomic E-state index is -4.15. The second kappa shape index (κ2) is 6.33. The van der Waals surface area contributed by atoms with Crippen molar-refractivity contribution in [1.29, 1.82) is 0 Å². The summed E-state index contributed by atoms with van der Waals surface area (Å²) in [5, 5.41) is 12.2. The summed E-state index contributed by atoms with van der Waals surface area (Å²) in [5.74, 6) is 0.107. The van der Waals surface area contributed by atoms with Crippen LogP contribution >= 0.6 is 0 Å². The molecule has 0 aliphatic heterocycles. The SMILES string of the molecule is CCC(C)C(O)CNC(C)CC(F)(F)F. The van der Waals surface area contributed by atoms with Crippen LogP contribution in [0.2, 0.25) is 0 Å². The highest BCUT2D eigenvalue weighted by atomic mass is 19.4. The molecule has 0 aliphatic carbocycles. The number of aliphatic hydroxyl groups is 1. The number of alkyl halides is 3. The maximum atomic E-state index is 12.0. The minimum Gasteiger partial charge on any atom is -0.392 e. The average Bonchev–Trinajstić information content (AvgIpc) is 2.10. The van der Waals surface area contributed by atoms with Gasteiger partial charge in [-0.2, -0.15) is 13.2 Å². The van der Waals surface area contributed by atoms with Crippen LogP contribution in [0.4, 0.5) is 13.2 Å². The van der Waals surface area contributed by atoms with Crippen molar-refractivity contribution in [3.05, 3.63) is 0 Å². The fourth-order valence-corrected chi connectivity index (χ4v) is 1.21. The molecule has 0 fully saturated rings. The monoisotopic (exact) mass is 227 g/mol. The highest BCUT2D eigenvalue weighted by Gasteiger charge is 2.30. The van der Waals surface area contributed by atoms with E-state index in [1.54, 1.807) is 0 Å². The summed E-state index contributed by atoms with van der Waals surface area (Å²) in [4.78, 5) is 0. The first kappa shape index (κ1) is 14.7. The van der Waals surface area contributed by atoms with Gasteiger partial charge in [-0.15, -0.1) is 0 Å². The molecule has 3 unspecified atom stereocenters. The van der Waals surface area contributed by atoms with Crippen LogP contribution in [0.5, 0.6) is 0 Å². The zero-order chi connectivity index (χ0) is 12.1. The van der Waals surface area contributed by atoms with Crippen molar-refractivity contribution in [3.63, 3.8) is 0 Å². The first-order valence-electron chi connectivity index (χ1n) is 5.24. The lowest BCUT2D eigenvalue weighted by molar-refractivity contribution is -0.139. The minimum absolute atomic E-state index is 0.107. The zero-order valence-corrected chi connectivity index (χ0v) is 9.43. The Hall–Kier alpha value is -0.290. The van der Waals surface area contributed by atoms with Crippen molar-refractivity contribution in [2.75, 3.05) is 6.54 Å². The summed E-state index contributed by atoms with van der Waals surface area (Å²) in [6.45, 7) is 5.50. The molecule has 3 atom stereocenters. The molecule has 92 valence electrons. The quantitative estimate of drug-likeness (QED) is 0.730. The third-order valence-electron chi connectivity index (χ3n) is 2.51. The van der Waals surface area contributed by atoms with Crippen LogP contribution in [0.15, 0.2) is 0 Å². The summed E-state index contributed by atoms with van der Waals surface area (Å²) in [7, 11) is 0. The molecule has 15 heavy (non-hydrogen) atoms. The normalized spacial score (nSPS) is 18.6. The van der Waals surface area contributed by atoms with Gasteiger partial charge in [0.25, 0.3) is 0 Å². The molecular formula is C10H20F3NO. The number of aliphatic hydroxyl groups excluding tert-OH is 1. The molecule has 0 saturated carbocycles. The van der Waals surface area contributed by atoms with E-state index in [0.717, 1.165) is 6.42 Å². The Bertz CT molecular complexity index is 173. The van der Waals surface area contributed by atoms with Crippen molar-refractivity contribution in [3.8, 4) is 0 Å². The summed E-state index contributed by atoms with van der Waals surface area (Å²) < 4.78 is 35.9.